The van der Waals surface area contributed by atoms with E-state index in [1.54, 1.807) is 52.0 Å². The first-order valence-electron chi connectivity index (χ1n) is 35.4. The Labute approximate surface area is 597 Å². The zero-order valence-corrected chi connectivity index (χ0v) is 61.8. The van der Waals surface area contributed by atoms with Crippen LogP contribution in [0.25, 0.3) is 0 Å². The first kappa shape index (κ1) is 98.7. The normalized spacial score (nSPS) is 21.9. The summed E-state index contributed by atoms with van der Waals surface area (Å²) in [4.78, 5) is 32.9. The number of rotatable bonds is 42. The maximum Gasteiger partial charge on any atom is 0.221 e. The molecule has 0 spiro atoms. The Kier molecular flexibility index (Phi) is 61.4. The van der Waals surface area contributed by atoms with Gasteiger partial charge in [-0.3, -0.25) is 14.4 Å². The van der Waals surface area contributed by atoms with E-state index >= 15 is 0 Å². The van der Waals surface area contributed by atoms with Crippen molar-refractivity contribution in [1.29, 1.82) is 0 Å². The summed E-state index contributed by atoms with van der Waals surface area (Å²) in [5.74, 6) is -0.294. The number of hydrogen-bond donors (Lipinski definition) is 17. The number of allylic oxidation sites excluding steroid dienone is 19. The SMILES string of the molecule is C/C=C/C=C/C=C/C=C/CC/C=C/C(C)C(C)O.CC(=O)NC1=C(O)CCC1=O.CC(C/C=C/C=C/C=C/C=C/C=C/C(O)C(C)C)OC1OC(C)C(O)C(O)C1O.CC(O)CC(O)C/C=C/C(O)CC(O)CC(O)CC(=O)C(C)C.CCC(O)CC(O)/C=C/CC(O)CC(O)CCCN. The second-order valence-electron chi connectivity index (χ2n) is 25.9. The number of aliphatic hydroxyl groups excluding tert-OH is 15. The van der Waals surface area contributed by atoms with Gasteiger partial charge in [-0.1, -0.05) is 187 Å². The first-order valence-corrected chi connectivity index (χ1v) is 35.4. The molecular weight excluding hydrogens is 1280 g/mol. The minimum atomic E-state index is -1.29. The van der Waals surface area contributed by atoms with Crippen molar-refractivity contribution >= 4 is 17.5 Å². The number of nitrogens with one attached hydrogen (secondary N) is 1. The maximum atomic E-state index is 11.5. The van der Waals surface area contributed by atoms with E-state index in [9.17, 15) is 80.8 Å². The molecule has 18 unspecified atom stereocenters. The highest BCUT2D eigenvalue weighted by Crippen LogP contribution is 2.24. The maximum absolute atomic E-state index is 11.5. The predicted molar refractivity (Wildman–Crippen MR) is 397 cm³/mol. The van der Waals surface area contributed by atoms with Gasteiger partial charge in [0, 0.05) is 44.9 Å². The van der Waals surface area contributed by atoms with E-state index in [-0.39, 0.29) is 84.6 Å². The van der Waals surface area contributed by atoms with Crippen molar-refractivity contribution in [3.63, 3.8) is 0 Å². The molecule has 22 nitrogen and oxygen atoms in total. The fourth-order valence-corrected chi connectivity index (χ4v) is 8.71. The van der Waals surface area contributed by atoms with Crippen molar-refractivity contribution in [2.24, 2.45) is 23.5 Å². The molecule has 1 amide bonds. The topological polar surface area (TPSA) is 411 Å². The molecule has 1 heterocycles. The first-order chi connectivity index (χ1) is 47.1. The molecule has 1 saturated heterocycles. The third kappa shape index (κ3) is 57.1. The Hall–Kier alpha value is -5.45. The summed E-state index contributed by atoms with van der Waals surface area (Å²) < 4.78 is 11.1. The van der Waals surface area contributed by atoms with Crippen LogP contribution in [0.15, 0.2) is 157 Å². The highest BCUT2D eigenvalue weighted by Gasteiger charge is 2.43. The van der Waals surface area contributed by atoms with E-state index in [4.69, 9.17) is 25.4 Å². The minimum absolute atomic E-state index is 0.00615. The number of carbonyl (C=O) groups excluding carboxylic acids is 3. The van der Waals surface area contributed by atoms with Gasteiger partial charge in [-0.15, -0.1) is 0 Å². The van der Waals surface area contributed by atoms with Crippen molar-refractivity contribution in [2.75, 3.05) is 6.54 Å². The van der Waals surface area contributed by atoms with Gasteiger partial charge in [0.15, 0.2) is 12.1 Å². The van der Waals surface area contributed by atoms with Crippen LogP contribution < -0.4 is 11.1 Å². The molecular formula is C78H132N2O20. The number of ketones is 2. The third-order valence-corrected chi connectivity index (χ3v) is 15.1. The lowest BCUT2D eigenvalue weighted by Gasteiger charge is -2.39. The van der Waals surface area contributed by atoms with Crippen LogP contribution >= 0.6 is 0 Å². The Morgan fingerprint density at radius 3 is 1.58 bits per heavy atom. The average Bonchev–Trinajstić information content (AvgIpc) is 0.971. The van der Waals surface area contributed by atoms with Gasteiger partial charge in [0.25, 0.3) is 0 Å². The van der Waals surface area contributed by atoms with E-state index in [2.05, 4.69) is 29.6 Å². The van der Waals surface area contributed by atoms with Gasteiger partial charge in [-0.05, 0) is 124 Å². The molecule has 0 aromatic rings. The summed E-state index contributed by atoms with van der Waals surface area (Å²) in [6.07, 6.45) is 40.0. The second-order valence-corrected chi connectivity index (χ2v) is 25.9. The van der Waals surface area contributed by atoms with Crippen molar-refractivity contribution in [2.45, 2.75) is 290 Å². The number of nitrogens with two attached hydrogens (primary N) is 1. The van der Waals surface area contributed by atoms with Crippen molar-refractivity contribution in [3.8, 4) is 0 Å². The molecule has 2 rings (SSSR count). The summed E-state index contributed by atoms with van der Waals surface area (Å²) in [5, 5.41) is 146. The highest BCUT2D eigenvalue weighted by molar-refractivity contribution is 6.01. The number of aliphatic hydroxyl groups is 15. The quantitative estimate of drug-likeness (QED) is 0.0156. The highest BCUT2D eigenvalue weighted by atomic mass is 16.7. The number of Topliss-reactive ketones (excluding diaryl/α,β-unsaturated/α-hetero) is 2. The van der Waals surface area contributed by atoms with E-state index < -0.39 is 91.7 Å². The number of hydrogen-bond acceptors (Lipinski definition) is 21. The van der Waals surface area contributed by atoms with Gasteiger partial charge in [0.05, 0.1) is 79.4 Å². The Morgan fingerprint density at radius 1 is 0.580 bits per heavy atom. The summed E-state index contributed by atoms with van der Waals surface area (Å²) >= 11 is 0. The molecule has 100 heavy (non-hydrogen) atoms. The summed E-state index contributed by atoms with van der Waals surface area (Å²) in [5.41, 5.74) is 5.41. The molecule has 1 aliphatic carbocycles. The predicted octanol–water partition coefficient (Wildman–Crippen LogP) is 8.09. The average molecular weight is 1420 g/mol. The molecule has 1 fully saturated rings. The standard InChI is InChI=1S/C23H36O6.C17H32O6.C17H26O.C14H29NO4.C7H9NO3/c1-16(2)19(24)15-13-11-9-7-5-6-8-10-12-14-17(3)28-23-22(27)21(26)20(25)18(4)29-23;1-11(2)17(23)10-16(22)9-15(21)8-14(20)6-4-5-13(19)7-12(3)18;1-4-5-6-7-8-9-10-11-12-13-14-15-16(2)17(3)18;1-2-11(16)9-12(17)5-3-6-13(18)10-14(19)7-4-8-15;1-4(9)8-7-5(10)2-3-6(7)11/h5-13,15-27H,14H2,1-4H3;4,6,11-16,18-22H,5,7-10H2,1-3H3;4-11,14-18H,12-13H2,1-3H3;3,5,11-14,16-19H,2,4,6-10,15H2,1H3;10H,2-3H2,1H3,(H,8,9)/b7-5+,8-6+,11-9+,12-10+,15-13+;6-4+;5-4+,7-6+,9-8+,11-10+,15-14+;5-3+;. The molecule has 22 heteroatoms. The molecule has 0 saturated carbocycles. The summed E-state index contributed by atoms with van der Waals surface area (Å²) in [7, 11) is 0. The lowest BCUT2D eigenvalue weighted by molar-refractivity contribution is -0.302. The lowest BCUT2D eigenvalue weighted by atomic mass is 9.97. The fourth-order valence-electron chi connectivity index (χ4n) is 8.71. The summed E-state index contributed by atoms with van der Waals surface area (Å²) in [6, 6.07) is 0. The van der Waals surface area contributed by atoms with Crippen LogP contribution in [0.3, 0.4) is 0 Å². The number of amides is 1. The summed E-state index contributed by atoms with van der Waals surface area (Å²) in [6.45, 7) is 22.0. The monoisotopic (exact) mass is 1420 g/mol. The van der Waals surface area contributed by atoms with E-state index in [1.165, 1.54) is 13.0 Å². The third-order valence-electron chi connectivity index (χ3n) is 15.1. The van der Waals surface area contributed by atoms with Crippen molar-refractivity contribution in [3.05, 3.63) is 157 Å². The van der Waals surface area contributed by atoms with Crippen LogP contribution in [0.2, 0.25) is 0 Å². The molecule has 574 valence electrons. The van der Waals surface area contributed by atoms with Crippen LogP contribution in [-0.2, 0) is 23.9 Å². The number of carbonyl (C=O) groups is 3. The van der Waals surface area contributed by atoms with Crippen molar-refractivity contribution < 1.29 is 100 Å². The van der Waals surface area contributed by atoms with Crippen LogP contribution in [0.5, 0.6) is 0 Å². The number of unbranched alkanes of at least 4 members (excludes halogenated alkanes) is 1. The van der Waals surface area contributed by atoms with Gasteiger partial charge >= 0.3 is 0 Å². The molecule has 0 aromatic heterocycles. The van der Waals surface area contributed by atoms with Crippen LogP contribution in [-0.4, -0.2) is 205 Å². The van der Waals surface area contributed by atoms with E-state index in [0.717, 1.165) is 19.3 Å². The second kappa shape index (κ2) is 62.1. The smallest absolute Gasteiger partial charge is 0.221 e. The Balaban J connectivity index is -0.00000121. The zero-order chi connectivity index (χ0) is 76.5. The molecule has 1 aliphatic heterocycles. The molecule has 0 aromatic carbocycles. The molecule has 2 aliphatic rings. The van der Waals surface area contributed by atoms with Crippen LogP contribution in [0.1, 0.15) is 186 Å². The lowest BCUT2D eigenvalue weighted by Crippen LogP contribution is -2.57. The molecule has 18 N–H and O–H groups in total. The van der Waals surface area contributed by atoms with E-state index in [0.29, 0.717) is 64.3 Å². The van der Waals surface area contributed by atoms with Gasteiger partial charge in [0.2, 0.25) is 5.91 Å². The Bertz CT molecular complexity index is 2510. The number of ether oxygens (including phenoxy) is 2. The molecule has 0 bridgehead atoms. The minimum Gasteiger partial charge on any atom is -0.510 e. The fraction of sp³-hybridized carbons (Fsp3) is 0.628. The van der Waals surface area contributed by atoms with Gasteiger partial charge in [-0.25, -0.2) is 0 Å². The van der Waals surface area contributed by atoms with E-state index in [1.807, 2.05) is 140 Å². The van der Waals surface area contributed by atoms with Crippen LogP contribution in [0, 0.1) is 17.8 Å². The van der Waals surface area contributed by atoms with Crippen LogP contribution in [0.4, 0.5) is 0 Å². The Morgan fingerprint density at radius 2 is 1.09 bits per heavy atom. The van der Waals surface area contributed by atoms with Gasteiger partial charge in [0.1, 0.15) is 35.6 Å². The largest absolute Gasteiger partial charge is 0.510 e. The van der Waals surface area contributed by atoms with Crippen molar-refractivity contribution in [1.82, 2.24) is 5.32 Å². The van der Waals surface area contributed by atoms with Gasteiger partial charge < -0.3 is 97.1 Å². The van der Waals surface area contributed by atoms with Gasteiger partial charge in [-0.2, -0.15) is 0 Å². The molecule has 18 atom stereocenters. The zero-order valence-electron chi connectivity index (χ0n) is 61.8. The molecule has 0 radical (unpaired) electrons.